The molecule has 0 amide bonds. The van der Waals surface area contributed by atoms with E-state index in [1.807, 2.05) is 12.1 Å². The van der Waals surface area contributed by atoms with Crippen LogP contribution in [-0.2, 0) is 13.0 Å². The van der Waals surface area contributed by atoms with Gasteiger partial charge in [-0.3, -0.25) is 0 Å². The predicted octanol–water partition coefficient (Wildman–Crippen LogP) is 4.50. The van der Waals surface area contributed by atoms with E-state index in [2.05, 4.69) is 28.1 Å². The maximum absolute atomic E-state index is 13.5. The van der Waals surface area contributed by atoms with Gasteiger partial charge in [-0.05, 0) is 64.5 Å². The SMILES string of the molecule is NC1CCCc2cc(OCc3cccc(F)c3Br)ccc21. The van der Waals surface area contributed by atoms with Crippen molar-refractivity contribution < 1.29 is 9.13 Å². The van der Waals surface area contributed by atoms with Crippen LogP contribution in [0.3, 0.4) is 0 Å². The second-order valence-electron chi connectivity index (χ2n) is 5.36. The Kier molecular flexibility index (Phi) is 4.27. The van der Waals surface area contributed by atoms with Gasteiger partial charge in [0.1, 0.15) is 18.2 Å². The highest BCUT2D eigenvalue weighted by Crippen LogP contribution is 2.31. The Morgan fingerprint density at radius 2 is 2.14 bits per heavy atom. The number of rotatable bonds is 3. The summed E-state index contributed by atoms with van der Waals surface area (Å²) in [6, 6.07) is 11.1. The topological polar surface area (TPSA) is 35.2 Å². The van der Waals surface area contributed by atoms with Gasteiger partial charge in [0.2, 0.25) is 0 Å². The molecule has 2 aromatic carbocycles. The van der Waals surface area contributed by atoms with Crippen LogP contribution in [-0.4, -0.2) is 0 Å². The van der Waals surface area contributed by atoms with Crippen LogP contribution in [0, 0.1) is 5.82 Å². The fourth-order valence-electron chi connectivity index (χ4n) is 2.74. The highest BCUT2D eigenvalue weighted by Gasteiger charge is 2.17. The second kappa shape index (κ2) is 6.16. The third-order valence-electron chi connectivity index (χ3n) is 3.90. The molecule has 0 saturated carbocycles. The number of aryl methyl sites for hydroxylation is 1. The lowest BCUT2D eigenvalue weighted by atomic mass is 9.88. The first-order valence-electron chi connectivity index (χ1n) is 7.09. The smallest absolute Gasteiger partial charge is 0.137 e. The summed E-state index contributed by atoms with van der Waals surface area (Å²) in [5.74, 6) is 0.534. The molecule has 4 heteroatoms. The zero-order chi connectivity index (χ0) is 14.8. The lowest BCUT2D eigenvalue weighted by Gasteiger charge is -2.22. The fourth-order valence-corrected chi connectivity index (χ4v) is 3.12. The van der Waals surface area contributed by atoms with Gasteiger partial charge in [0.25, 0.3) is 0 Å². The number of benzene rings is 2. The Bertz CT molecular complexity index is 659. The zero-order valence-corrected chi connectivity index (χ0v) is 13.2. The molecule has 0 bridgehead atoms. The zero-order valence-electron chi connectivity index (χ0n) is 11.6. The van der Waals surface area contributed by atoms with E-state index < -0.39 is 0 Å². The number of halogens is 2. The van der Waals surface area contributed by atoms with Crippen molar-refractivity contribution in [3.8, 4) is 5.75 Å². The highest BCUT2D eigenvalue weighted by atomic mass is 79.9. The summed E-state index contributed by atoms with van der Waals surface area (Å²) in [5.41, 5.74) is 9.40. The molecule has 0 saturated heterocycles. The van der Waals surface area contributed by atoms with E-state index in [0.717, 1.165) is 30.6 Å². The molecular weight excluding hydrogens is 333 g/mol. The minimum Gasteiger partial charge on any atom is -0.489 e. The van der Waals surface area contributed by atoms with E-state index >= 15 is 0 Å². The first-order valence-corrected chi connectivity index (χ1v) is 7.88. The molecular formula is C17H17BrFNO. The molecule has 2 N–H and O–H groups in total. The van der Waals surface area contributed by atoms with Gasteiger partial charge in [-0.2, -0.15) is 0 Å². The van der Waals surface area contributed by atoms with Gasteiger partial charge in [0, 0.05) is 11.6 Å². The molecule has 0 spiro atoms. The molecule has 110 valence electrons. The summed E-state index contributed by atoms with van der Waals surface area (Å²) >= 11 is 3.25. The highest BCUT2D eigenvalue weighted by molar-refractivity contribution is 9.10. The Morgan fingerprint density at radius 1 is 1.29 bits per heavy atom. The van der Waals surface area contributed by atoms with Crippen molar-refractivity contribution in [3.63, 3.8) is 0 Å². The molecule has 1 aliphatic rings. The Balaban J connectivity index is 1.75. The van der Waals surface area contributed by atoms with Gasteiger partial charge >= 0.3 is 0 Å². The van der Waals surface area contributed by atoms with Crippen LogP contribution in [0.1, 0.15) is 35.6 Å². The summed E-state index contributed by atoms with van der Waals surface area (Å²) in [4.78, 5) is 0. The van der Waals surface area contributed by atoms with Gasteiger partial charge < -0.3 is 10.5 Å². The largest absolute Gasteiger partial charge is 0.489 e. The minimum absolute atomic E-state index is 0.139. The second-order valence-corrected chi connectivity index (χ2v) is 6.15. The standard InChI is InChI=1S/C17H17BrFNO/c18-17-12(4-1-5-15(17)19)10-21-13-7-8-14-11(9-13)3-2-6-16(14)20/h1,4-5,7-9,16H,2-3,6,10,20H2. The molecule has 0 heterocycles. The first-order chi connectivity index (χ1) is 10.1. The molecule has 1 aliphatic carbocycles. The van der Waals surface area contributed by atoms with Crippen LogP contribution in [0.4, 0.5) is 4.39 Å². The van der Waals surface area contributed by atoms with Gasteiger partial charge in [-0.25, -0.2) is 4.39 Å². The van der Waals surface area contributed by atoms with Crippen molar-refractivity contribution >= 4 is 15.9 Å². The summed E-state index contributed by atoms with van der Waals surface area (Å²) in [6.45, 7) is 0.336. The molecule has 2 nitrogen and oxygen atoms in total. The molecule has 1 unspecified atom stereocenters. The van der Waals surface area contributed by atoms with Crippen LogP contribution in [0.15, 0.2) is 40.9 Å². The third kappa shape index (κ3) is 3.11. The quantitative estimate of drug-likeness (QED) is 0.884. The molecule has 0 radical (unpaired) electrons. The van der Waals surface area contributed by atoms with Crippen molar-refractivity contribution in [1.29, 1.82) is 0 Å². The Labute approximate surface area is 132 Å². The van der Waals surface area contributed by atoms with Gasteiger partial charge in [0.15, 0.2) is 0 Å². The maximum atomic E-state index is 13.5. The number of ether oxygens (including phenoxy) is 1. The number of hydrogen-bond donors (Lipinski definition) is 1. The third-order valence-corrected chi connectivity index (χ3v) is 4.79. The average Bonchev–Trinajstić information content (AvgIpc) is 2.49. The van der Waals surface area contributed by atoms with E-state index in [-0.39, 0.29) is 11.9 Å². The van der Waals surface area contributed by atoms with Crippen LogP contribution < -0.4 is 10.5 Å². The molecule has 0 aliphatic heterocycles. The van der Waals surface area contributed by atoms with E-state index in [1.54, 1.807) is 6.07 Å². The van der Waals surface area contributed by atoms with Gasteiger partial charge in [-0.1, -0.05) is 18.2 Å². The van der Waals surface area contributed by atoms with Gasteiger partial charge in [-0.15, -0.1) is 0 Å². The van der Waals surface area contributed by atoms with Gasteiger partial charge in [0.05, 0.1) is 4.47 Å². The fraction of sp³-hybridized carbons (Fsp3) is 0.294. The van der Waals surface area contributed by atoms with Crippen LogP contribution in [0.2, 0.25) is 0 Å². The number of hydrogen-bond acceptors (Lipinski definition) is 2. The van der Waals surface area contributed by atoms with E-state index in [0.29, 0.717) is 11.1 Å². The maximum Gasteiger partial charge on any atom is 0.137 e. The summed E-state index contributed by atoms with van der Waals surface area (Å²) in [6.07, 6.45) is 3.21. The number of nitrogens with two attached hydrogens (primary N) is 1. The minimum atomic E-state index is -0.271. The van der Waals surface area contributed by atoms with Crippen molar-refractivity contribution in [2.45, 2.75) is 31.9 Å². The molecule has 1 atom stereocenters. The predicted molar refractivity (Wildman–Crippen MR) is 84.7 cm³/mol. The van der Waals surface area contributed by atoms with Crippen molar-refractivity contribution in [2.75, 3.05) is 0 Å². The lowest BCUT2D eigenvalue weighted by molar-refractivity contribution is 0.304. The van der Waals surface area contributed by atoms with E-state index in [9.17, 15) is 4.39 Å². The number of fused-ring (bicyclic) bond motifs is 1. The molecule has 21 heavy (non-hydrogen) atoms. The molecule has 2 aromatic rings. The Morgan fingerprint density at radius 3 is 3.00 bits per heavy atom. The first kappa shape index (κ1) is 14.5. The summed E-state index contributed by atoms with van der Waals surface area (Å²) in [5, 5.41) is 0. The van der Waals surface area contributed by atoms with Crippen molar-refractivity contribution in [2.24, 2.45) is 5.73 Å². The summed E-state index contributed by atoms with van der Waals surface area (Å²) < 4.78 is 19.7. The van der Waals surface area contributed by atoms with Crippen molar-refractivity contribution in [1.82, 2.24) is 0 Å². The van der Waals surface area contributed by atoms with Crippen LogP contribution >= 0.6 is 15.9 Å². The molecule has 0 aromatic heterocycles. The molecule has 0 fully saturated rings. The molecule has 3 rings (SSSR count). The lowest BCUT2D eigenvalue weighted by Crippen LogP contribution is -2.17. The van der Waals surface area contributed by atoms with Crippen LogP contribution in [0.5, 0.6) is 5.75 Å². The average molecular weight is 350 g/mol. The summed E-state index contributed by atoms with van der Waals surface area (Å²) in [7, 11) is 0. The normalized spacial score (nSPS) is 17.4. The Hall–Kier alpha value is -1.39. The van der Waals surface area contributed by atoms with E-state index in [1.165, 1.54) is 17.2 Å². The monoisotopic (exact) mass is 349 g/mol. The van der Waals surface area contributed by atoms with Crippen molar-refractivity contribution in [3.05, 3.63) is 63.4 Å². The van der Waals surface area contributed by atoms with E-state index in [4.69, 9.17) is 10.5 Å². The van der Waals surface area contributed by atoms with Crippen LogP contribution in [0.25, 0.3) is 0 Å².